The number of hydrogen-bond acceptors (Lipinski definition) is 2. The fraction of sp³-hybridized carbons (Fsp3) is 0.846. The number of carbonyl (C=O) groups is 2. The second-order valence-corrected chi connectivity index (χ2v) is 4.89. The van der Waals surface area contributed by atoms with Crippen LogP contribution in [0.4, 0.5) is 0 Å². The van der Waals surface area contributed by atoms with Crippen molar-refractivity contribution in [2.75, 3.05) is 13.1 Å². The van der Waals surface area contributed by atoms with Gasteiger partial charge in [0.25, 0.3) is 0 Å². The molecule has 1 aliphatic carbocycles. The summed E-state index contributed by atoms with van der Waals surface area (Å²) in [5, 5.41) is 9.13. The summed E-state index contributed by atoms with van der Waals surface area (Å²) in [5.74, 6) is -1.10. The molecule has 0 heterocycles. The highest BCUT2D eigenvalue weighted by atomic mass is 16.4. The van der Waals surface area contributed by atoms with E-state index in [0.29, 0.717) is 25.9 Å². The average molecular weight is 241 g/mol. The predicted molar refractivity (Wildman–Crippen MR) is 65.7 cm³/mol. The Hall–Kier alpha value is -1.06. The van der Waals surface area contributed by atoms with Crippen LogP contribution in [0.1, 0.15) is 52.4 Å². The number of carboxylic acid groups (broad SMARTS) is 1. The van der Waals surface area contributed by atoms with Crippen molar-refractivity contribution in [3.8, 4) is 0 Å². The summed E-state index contributed by atoms with van der Waals surface area (Å²) in [5.41, 5.74) is -1.07. The fourth-order valence-electron chi connectivity index (χ4n) is 1.96. The van der Waals surface area contributed by atoms with Gasteiger partial charge in [-0.2, -0.15) is 0 Å². The second kappa shape index (κ2) is 6.03. The van der Waals surface area contributed by atoms with Crippen LogP contribution < -0.4 is 0 Å². The Balaban J connectivity index is 2.62. The predicted octanol–water partition coefficient (Wildman–Crippen LogP) is 2.28. The van der Waals surface area contributed by atoms with E-state index < -0.39 is 11.4 Å². The molecule has 0 atom stereocenters. The number of hydrogen-bond donors (Lipinski definition) is 1. The van der Waals surface area contributed by atoms with Crippen LogP contribution in [0.15, 0.2) is 0 Å². The largest absolute Gasteiger partial charge is 0.480 e. The molecule has 1 fully saturated rings. The van der Waals surface area contributed by atoms with Crippen LogP contribution in [0.3, 0.4) is 0 Å². The molecule has 0 spiro atoms. The average Bonchev–Trinajstić information content (AvgIpc) is 3.09. The van der Waals surface area contributed by atoms with Gasteiger partial charge in [-0.05, 0) is 25.7 Å². The Bertz CT molecular complexity index is 276. The summed E-state index contributed by atoms with van der Waals surface area (Å²) in [4.78, 5) is 25.1. The van der Waals surface area contributed by atoms with Crippen molar-refractivity contribution < 1.29 is 14.7 Å². The van der Waals surface area contributed by atoms with Crippen molar-refractivity contribution in [3.63, 3.8) is 0 Å². The first-order valence-corrected chi connectivity index (χ1v) is 6.61. The standard InChI is InChI=1S/C13H23NO3/c1-3-5-9-14(10-6-4-2)11(15)13(7-8-13)12(16)17/h3-10H2,1-2H3,(H,16,17). The molecule has 0 saturated heterocycles. The number of aliphatic carboxylic acids is 1. The second-order valence-electron chi connectivity index (χ2n) is 4.89. The van der Waals surface area contributed by atoms with Gasteiger partial charge in [-0.1, -0.05) is 26.7 Å². The highest BCUT2D eigenvalue weighted by Gasteiger charge is 2.58. The van der Waals surface area contributed by atoms with Gasteiger partial charge in [-0.3, -0.25) is 9.59 Å². The lowest BCUT2D eigenvalue weighted by molar-refractivity contribution is -0.153. The van der Waals surface area contributed by atoms with Gasteiger partial charge < -0.3 is 10.0 Å². The molecule has 0 radical (unpaired) electrons. The van der Waals surface area contributed by atoms with E-state index in [4.69, 9.17) is 5.11 Å². The van der Waals surface area contributed by atoms with E-state index in [1.165, 1.54) is 0 Å². The van der Waals surface area contributed by atoms with E-state index in [1.807, 2.05) is 0 Å². The molecule has 0 aromatic carbocycles. The van der Waals surface area contributed by atoms with Crippen LogP contribution >= 0.6 is 0 Å². The third kappa shape index (κ3) is 3.20. The molecule has 0 bridgehead atoms. The Morgan fingerprint density at radius 1 is 1.12 bits per heavy atom. The van der Waals surface area contributed by atoms with E-state index >= 15 is 0 Å². The minimum absolute atomic E-state index is 0.160. The van der Waals surface area contributed by atoms with Gasteiger partial charge >= 0.3 is 5.97 Å². The molecule has 0 aliphatic heterocycles. The lowest BCUT2D eigenvalue weighted by Gasteiger charge is -2.25. The van der Waals surface area contributed by atoms with E-state index in [2.05, 4.69) is 13.8 Å². The number of rotatable bonds is 8. The molecule has 98 valence electrons. The van der Waals surface area contributed by atoms with Crippen LogP contribution in [-0.4, -0.2) is 35.0 Å². The molecule has 0 aromatic rings. The number of amides is 1. The zero-order valence-corrected chi connectivity index (χ0v) is 10.9. The van der Waals surface area contributed by atoms with E-state index in [0.717, 1.165) is 25.7 Å². The molecule has 0 unspecified atom stereocenters. The summed E-state index contributed by atoms with van der Waals surface area (Å²) in [6, 6.07) is 0. The number of unbranched alkanes of at least 4 members (excludes halogenated alkanes) is 2. The van der Waals surface area contributed by atoms with Gasteiger partial charge in [0, 0.05) is 13.1 Å². The van der Waals surface area contributed by atoms with Gasteiger partial charge in [0.2, 0.25) is 5.91 Å². The normalized spacial score (nSPS) is 16.6. The maximum Gasteiger partial charge on any atom is 0.319 e. The van der Waals surface area contributed by atoms with Crippen molar-refractivity contribution >= 4 is 11.9 Å². The molecule has 4 heteroatoms. The van der Waals surface area contributed by atoms with E-state index in [-0.39, 0.29) is 5.91 Å². The molecule has 1 rings (SSSR count). The molecular weight excluding hydrogens is 218 g/mol. The molecule has 1 N–H and O–H groups in total. The first-order chi connectivity index (χ1) is 8.08. The Morgan fingerprint density at radius 3 is 1.88 bits per heavy atom. The number of carbonyl (C=O) groups excluding carboxylic acids is 1. The van der Waals surface area contributed by atoms with E-state index in [1.54, 1.807) is 4.90 Å². The van der Waals surface area contributed by atoms with Crippen molar-refractivity contribution in [1.82, 2.24) is 4.90 Å². The third-order valence-electron chi connectivity index (χ3n) is 3.42. The third-order valence-corrected chi connectivity index (χ3v) is 3.42. The first-order valence-electron chi connectivity index (χ1n) is 6.61. The molecule has 1 amide bonds. The molecule has 0 aromatic heterocycles. The fourth-order valence-corrected chi connectivity index (χ4v) is 1.96. The van der Waals surface area contributed by atoms with Gasteiger partial charge in [-0.25, -0.2) is 0 Å². The van der Waals surface area contributed by atoms with Crippen LogP contribution in [0.5, 0.6) is 0 Å². The Labute approximate surface area is 103 Å². The summed E-state index contributed by atoms with van der Waals surface area (Å²) in [6.45, 7) is 5.55. The molecule has 4 nitrogen and oxygen atoms in total. The summed E-state index contributed by atoms with van der Waals surface area (Å²) in [6.07, 6.45) is 4.97. The zero-order chi connectivity index (χ0) is 12.9. The summed E-state index contributed by atoms with van der Waals surface area (Å²) >= 11 is 0. The SMILES string of the molecule is CCCCN(CCCC)C(=O)C1(C(=O)O)CC1. The number of nitrogens with zero attached hydrogens (tertiary/aromatic N) is 1. The highest BCUT2D eigenvalue weighted by molar-refractivity contribution is 6.04. The van der Waals surface area contributed by atoms with Gasteiger partial charge in [0.15, 0.2) is 0 Å². The maximum atomic E-state index is 12.2. The van der Waals surface area contributed by atoms with Gasteiger partial charge in [-0.15, -0.1) is 0 Å². The lowest BCUT2D eigenvalue weighted by Crippen LogP contribution is -2.41. The van der Waals surface area contributed by atoms with Gasteiger partial charge in [0.05, 0.1) is 0 Å². The summed E-state index contributed by atoms with van der Waals surface area (Å²) in [7, 11) is 0. The molecule has 1 aliphatic rings. The van der Waals surface area contributed by atoms with Crippen LogP contribution in [0, 0.1) is 5.41 Å². The molecule has 1 saturated carbocycles. The zero-order valence-electron chi connectivity index (χ0n) is 10.9. The summed E-state index contributed by atoms with van der Waals surface area (Å²) < 4.78 is 0. The minimum atomic E-state index is -1.07. The quantitative estimate of drug-likeness (QED) is 0.663. The van der Waals surface area contributed by atoms with Gasteiger partial charge in [0.1, 0.15) is 5.41 Å². The van der Waals surface area contributed by atoms with Crippen molar-refractivity contribution in [2.45, 2.75) is 52.4 Å². The van der Waals surface area contributed by atoms with Crippen LogP contribution in [-0.2, 0) is 9.59 Å². The van der Waals surface area contributed by atoms with Crippen molar-refractivity contribution in [2.24, 2.45) is 5.41 Å². The Morgan fingerprint density at radius 2 is 1.59 bits per heavy atom. The lowest BCUT2D eigenvalue weighted by atomic mass is 10.1. The minimum Gasteiger partial charge on any atom is -0.480 e. The molecular formula is C13H23NO3. The van der Waals surface area contributed by atoms with Crippen molar-refractivity contribution in [1.29, 1.82) is 0 Å². The van der Waals surface area contributed by atoms with E-state index in [9.17, 15) is 9.59 Å². The van der Waals surface area contributed by atoms with Crippen LogP contribution in [0.2, 0.25) is 0 Å². The Kier molecular flexibility index (Phi) is 4.97. The molecule has 17 heavy (non-hydrogen) atoms. The number of carboxylic acids is 1. The van der Waals surface area contributed by atoms with Crippen molar-refractivity contribution in [3.05, 3.63) is 0 Å². The first kappa shape index (κ1) is 14.0. The van der Waals surface area contributed by atoms with Crippen LogP contribution in [0.25, 0.3) is 0 Å². The maximum absolute atomic E-state index is 12.2. The smallest absolute Gasteiger partial charge is 0.319 e. The monoisotopic (exact) mass is 241 g/mol. The highest BCUT2D eigenvalue weighted by Crippen LogP contribution is 2.47. The topological polar surface area (TPSA) is 57.6 Å².